The Morgan fingerprint density at radius 2 is 2.07 bits per heavy atom. The van der Waals surface area contributed by atoms with Crippen LogP contribution >= 0.6 is 11.6 Å². The molecule has 1 heterocycles. The van der Waals surface area contributed by atoms with Gasteiger partial charge in [0.05, 0.1) is 11.1 Å². The van der Waals surface area contributed by atoms with Crippen molar-refractivity contribution in [1.29, 1.82) is 5.26 Å². The van der Waals surface area contributed by atoms with E-state index in [1.54, 1.807) is 38.1 Å². The average molecular weight is 390 g/mol. The van der Waals surface area contributed by atoms with E-state index in [9.17, 15) is 14.9 Å². The van der Waals surface area contributed by atoms with Crippen LogP contribution in [0.3, 0.4) is 0 Å². The zero-order chi connectivity index (χ0) is 20.2. The second-order valence-corrected chi connectivity index (χ2v) is 6.94. The van der Waals surface area contributed by atoms with Gasteiger partial charge in [0.1, 0.15) is 22.6 Å². The molecule has 7 nitrogen and oxygen atoms in total. The summed E-state index contributed by atoms with van der Waals surface area (Å²) in [6.45, 7) is 6.26. The van der Waals surface area contributed by atoms with Crippen molar-refractivity contribution in [2.45, 2.75) is 33.2 Å². The molecular weight excluding hydrogens is 370 g/mol. The van der Waals surface area contributed by atoms with Crippen LogP contribution in [0.5, 0.6) is 0 Å². The number of aryl methyl sites for hydroxylation is 1. The number of aromatic nitrogens is 1. The quantitative estimate of drug-likeness (QED) is 0.758. The zero-order valence-corrected chi connectivity index (χ0v) is 16.3. The second kappa shape index (κ2) is 8.23. The third-order valence-corrected chi connectivity index (χ3v) is 4.65. The highest BCUT2D eigenvalue weighted by Gasteiger charge is 2.31. The van der Waals surface area contributed by atoms with Gasteiger partial charge in [0, 0.05) is 5.56 Å². The molecule has 0 bridgehead atoms. The molecule has 1 N–H and O–H groups in total. The number of amides is 1. The third-order valence-electron chi connectivity index (χ3n) is 4.32. The van der Waals surface area contributed by atoms with Crippen LogP contribution in [-0.4, -0.2) is 29.2 Å². The number of benzene rings is 1. The van der Waals surface area contributed by atoms with Gasteiger partial charge in [0.2, 0.25) is 0 Å². The van der Waals surface area contributed by atoms with Crippen LogP contribution in [0.2, 0.25) is 5.02 Å². The Bertz CT molecular complexity index is 901. The van der Waals surface area contributed by atoms with Gasteiger partial charge in [-0.25, -0.2) is 4.79 Å². The second-order valence-electron chi connectivity index (χ2n) is 6.54. The summed E-state index contributed by atoms with van der Waals surface area (Å²) >= 11 is 6.16. The van der Waals surface area contributed by atoms with Crippen LogP contribution in [-0.2, 0) is 9.53 Å². The number of rotatable bonds is 6. The molecule has 0 aliphatic heterocycles. The lowest BCUT2D eigenvalue weighted by molar-refractivity contribution is -0.125. The third kappa shape index (κ3) is 4.47. The summed E-state index contributed by atoms with van der Waals surface area (Å²) in [5.41, 5.74) is -0.195. The summed E-state index contributed by atoms with van der Waals surface area (Å²) in [5, 5.41) is 16.1. The van der Waals surface area contributed by atoms with Crippen molar-refractivity contribution >= 4 is 23.5 Å². The number of ether oxygens (including phenoxy) is 1. The van der Waals surface area contributed by atoms with Gasteiger partial charge in [-0.2, -0.15) is 5.26 Å². The summed E-state index contributed by atoms with van der Waals surface area (Å²) in [6, 6.07) is 8.93. The van der Waals surface area contributed by atoms with Crippen LogP contribution in [0.4, 0.5) is 0 Å². The fourth-order valence-corrected chi connectivity index (χ4v) is 2.51. The van der Waals surface area contributed by atoms with Crippen LogP contribution in [0.15, 0.2) is 28.8 Å². The summed E-state index contributed by atoms with van der Waals surface area (Å²) in [7, 11) is 0. The van der Waals surface area contributed by atoms with E-state index in [1.807, 2.05) is 13.8 Å². The number of esters is 1. The minimum absolute atomic E-state index is 0.0998. The SMILES string of the molecule is Cc1onc(-c2ccccc2Cl)c1C(=O)OCC(=O)N[C@](C)(C#N)C(C)C. The molecule has 142 valence electrons. The molecule has 1 aromatic carbocycles. The van der Waals surface area contributed by atoms with E-state index in [1.165, 1.54) is 0 Å². The maximum Gasteiger partial charge on any atom is 0.344 e. The molecule has 0 saturated carbocycles. The first kappa shape index (κ1) is 20.5. The summed E-state index contributed by atoms with van der Waals surface area (Å²) in [5.74, 6) is -1.20. The highest BCUT2D eigenvalue weighted by atomic mass is 35.5. The van der Waals surface area contributed by atoms with E-state index >= 15 is 0 Å². The van der Waals surface area contributed by atoms with E-state index in [0.29, 0.717) is 10.6 Å². The van der Waals surface area contributed by atoms with Crippen molar-refractivity contribution < 1.29 is 18.8 Å². The van der Waals surface area contributed by atoms with E-state index in [4.69, 9.17) is 20.9 Å². The highest BCUT2D eigenvalue weighted by molar-refractivity contribution is 6.33. The van der Waals surface area contributed by atoms with E-state index < -0.39 is 24.0 Å². The van der Waals surface area contributed by atoms with Gasteiger partial charge in [-0.1, -0.05) is 48.8 Å². The first-order valence-electron chi connectivity index (χ1n) is 8.30. The van der Waals surface area contributed by atoms with Crippen molar-refractivity contribution in [1.82, 2.24) is 10.5 Å². The van der Waals surface area contributed by atoms with E-state index in [2.05, 4.69) is 16.5 Å². The molecule has 0 radical (unpaired) electrons. The Hall–Kier alpha value is -2.85. The van der Waals surface area contributed by atoms with Gasteiger partial charge in [-0.3, -0.25) is 4.79 Å². The van der Waals surface area contributed by atoms with Crippen molar-refractivity contribution in [3.05, 3.63) is 40.6 Å². The fourth-order valence-electron chi connectivity index (χ4n) is 2.28. The highest BCUT2D eigenvalue weighted by Crippen LogP contribution is 2.31. The Labute approximate surface area is 162 Å². The fraction of sp³-hybridized carbons (Fsp3) is 0.368. The molecule has 2 rings (SSSR count). The maximum absolute atomic E-state index is 12.5. The zero-order valence-electron chi connectivity index (χ0n) is 15.5. The van der Waals surface area contributed by atoms with Gasteiger partial charge in [-0.15, -0.1) is 0 Å². The normalized spacial score (nSPS) is 12.9. The Balaban J connectivity index is 2.14. The topological polar surface area (TPSA) is 105 Å². The van der Waals surface area contributed by atoms with Crippen LogP contribution in [0, 0.1) is 24.2 Å². The smallest absolute Gasteiger partial charge is 0.344 e. The van der Waals surface area contributed by atoms with Crippen LogP contribution in [0.1, 0.15) is 36.9 Å². The predicted octanol–water partition coefficient (Wildman–Crippen LogP) is 3.51. The first-order chi connectivity index (χ1) is 12.7. The van der Waals surface area contributed by atoms with Crippen molar-refractivity contribution in [3.8, 4) is 17.3 Å². The minimum Gasteiger partial charge on any atom is -0.452 e. The standard InChI is InChI=1S/C19H20ClN3O4/c1-11(2)19(4,10-21)22-15(24)9-26-18(25)16-12(3)27-23-17(16)13-7-5-6-8-14(13)20/h5-8,11H,9H2,1-4H3,(H,22,24)/t19-/m1/s1. The summed E-state index contributed by atoms with van der Waals surface area (Å²) in [4.78, 5) is 24.6. The average Bonchev–Trinajstić information content (AvgIpc) is 3.01. The first-order valence-corrected chi connectivity index (χ1v) is 8.68. The number of nitriles is 1. The monoisotopic (exact) mass is 389 g/mol. The molecule has 1 amide bonds. The van der Waals surface area contributed by atoms with Gasteiger partial charge in [0.25, 0.3) is 5.91 Å². The number of carbonyl (C=O) groups excluding carboxylic acids is 2. The van der Waals surface area contributed by atoms with Gasteiger partial charge < -0.3 is 14.6 Å². The number of hydrogen-bond acceptors (Lipinski definition) is 6. The van der Waals surface area contributed by atoms with Crippen molar-refractivity contribution in [3.63, 3.8) is 0 Å². The lowest BCUT2D eigenvalue weighted by Gasteiger charge is -2.27. The van der Waals surface area contributed by atoms with E-state index in [0.717, 1.165) is 0 Å². The number of nitrogens with zero attached hydrogens (tertiary/aromatic N) is 2. The van der Waals surface area contributed by atoms with Gasteiger partial charge in [-0.05, 0) is 25.8 Å². The molecule has 1 aromatic heterocycles. The summed E-state index contributed by atoms with van der Waals surface area (Å²) < 4.78 is 10.2. The molecule has 0 fully saturated rings. The van der Waals surface area contributed by atoms with Gasteiger partial charge in [0.15, 0.2) is 6.61 Å². The molecule has 0 aliphatic carbocycles. The molecule has 27 heavy (non-hydrogen) atoms. The van der Waals surface area contributed by atoms with Crippen LogP contribution in [0.25, 0.3) is 11.3 Å². The lowest BCUT2D eigenvalue weighted by Crippen LogP contribution is -2.50. The molecular formula is C19H20ClN3O4. The maximum atomic E-state index is 12.5. The number of nitrogens with one attached hydrogen (secondary N) is 1. The number of hydrogen-bond donors (Lipinski definition) is 1. The Kier molecular flexibility index (Phi) is 6.24. The molecule has 2 aromatic rings. The van der Waals surface area contributed by atoms with Gasteiger partial charge >= 0.3 is 5.97 Å². The minimum atomic E-state index is -1.06. The van der Waals surface area contributed by atoms with Crippen LogP contribution < -0.4 is 5.32 Å². The largest absolute Gasteiger partial charge is 0.452 e. The molecule has 0 saturated heterocycles. The van der Waals surface area contributed by atoms with Crippen molar-refractivity contribution in [2.24, 2.45) is 5.92 Å². The molecule has 8 heteroatoms. The van der Waals surface area contributed by atoms with Crippen molar-refractivity contribution in [2.75, 3.05) is 6.61 Å². The Morgan fingerprint density at radius 3 is 2.67 bits per heavy atom. The molecule has 0 unspecified atom stereocenters. The molecule has 0 spiro atoms. The lowest BCUT2D eigenvalue weighted by atomic mass is 9.90. The Morgan fingerprint density at radius 1 is 1.41 bits per heavy atom. The molecule has 1 atom stereocenters. The van der Waals surface area contributed by atoms with E-state index in [-0.39, 0.29) is 22.9 Å². The summed E-state index contributed by atoms with van der Waals surface area (Å²) in [6.07, 6.45) is 0. The number of halogens is 1. The number of carbonyl (C=O) groups is 2. The molecule has 0 aliphatic rings. The predicted molar refractivity (Wildman–Crippen MR) is 99.0 cm³/mol.